The molecular weight excluding hydrogens is 210 g/mol. The molecule has 0 aliphatic carbocycles. The molecule has 0 saturated heterocycles. The molecule has 0 radical (unpaired) electrons. The molecule has 0 spiro atoms. The maximum atomic E-state index is 11.1. The van der Waals surface area contributed by atoms with E-state index in [0.29, 0.717) is 5.69 Å². The molecule has 4 nitrogen and oxygen atoms in total. The molecule has 1 heterocycles. The normalized spacial score (nSPS) is 14.5. The highest BCUT2D eigenvalue weighted by Gasteiger charge is 2.04. The summed E-state index contributed by atoms with van der Waals surface area (Å²) in [5.74, 6) is 0.804. The molecule has 1 aromatic rings. The van der Waals surface area contributed by atoms with Gasteiger partial charge in [0.05, 0.1) is 11.9 Å². The smallest absolute Gasteiger partial charge is 0.126 e. The first-order valence-corrected chi connectivity index (χ1v) is 6.49. The topological polar surface area (TPSA) is 68.0 Å². The minimum atomic E-state index is -0.752. The van der Waals surface area contributed by atoms with Crippen LogP contribution in [0.1, 0.15) is 13.3 Å². The Morgan fingerprint density at radius 2 is 2.33 bits per heavy atom. The number of nitrogen functional groups attached to an aromatic ring is 1. The van der Waals surface area contributed by atoms with Crippen LogP contribution in [0.3, 0.4) is 0 Å². The molecule has 3 N–H and O–H groups in total. The summed E-state index contributed by atoms with van der Waals surface area (Å²) < 4.78 is 11.1. The molecule has 2 atom stereocenters. The molecule has 0 aliphatic heterocycles. The van der Waals surface area contributed by atoms with Crippen molar-refractivity contribution in [3.05, 3.63) is 18.3 Å². The van der Waals surface area contributed by atoms with E-state index in [1.54, 1.807) is 18.5 Å². The number of rotatable bonds is 5. The molecule has 5 heteroatoms. The molecule has 84 valence electrons. The second kappa shape index (κ2) is 5.70. The number of aromatic nitrogens is 1. The van der Waals surface area contributed by atoms with Gasteiger partial charge in [-0.25, -0.2) is 4.98 Å². The Morgan fingerprint density at radius 1 is 1.60 bits per heavy atom. The van der Waals surface area contributed by atoms with Crippen LogP contribution in [0.15, 0.2) is 18.3 Å². The van der Waals surface area contributed by atoms with Crippen molar-refractivity contribution >= 4 is 22.3 Å². The van der Waals surface area contributed by atoms with Crippen LogP contribution in [0.25, 0.3) is 0 Å². The largest absolute Gasteiger partial charge is 0.397 e. The van der Waals surface area contributed by atoms with E-state index in [1.807, 2.05) is 13.0 Å². The van der Waals surface area contributed by atoms with Crippen molar-refractivity contribution in [2.24, 2.45) is 0 Å². The van der Waals surface area contributed by atoms with Gasteiger partial charge >= 0.3 is 0 Å². The van der Waals surface area contributed by atoms with Crippen LogP contribution in [0.4, 0.5) is 11.5 Å². The Hall–Kier alpha value is -1.10. The Balaban J connectivity index is 2.32. The fraction of sp³-hybridized carbons (Fsp3) is 0.500. The lowest BCUT2D eigenvalue weighted by molar-refractivity contribution is 0.672. The molecule has 0 fully saturated rings. The fourth-order valence-corrected chi connectivity index (χ4v) is 1.53. The number of hydrogen-bond donors (Lipinski definition) is 2. The quantitative estimate of drug-likeness (QED) is 0.794. The van der Waals surface area contributed by atoms with Gasteiger partial charge in [-0.3, -0.25) is 4.21 Å². The monoisotopic (exact) mass is 227 g/mol. The molecule has 15 heavy (non-hydrogen) atoms. The first-order valence-electron chi connectivity index (χ1n) is 4.87. The zero-order valence-corrected chi connectivity index (χ0v) is 9.88. The Labute approximate surface area is 92.7 Å². The van der Waals surface area contributed by atoms with Crippen molar-refractivity contribution in [3.63, 3.8) is 0 Å². The van der Waals surface area contributed by atoms with Crippen LogP contribution in [0.2, 0.25) is 0 Å². The van der Waals surface area contributed by atoms with E-state index in [1.165, 1.54) is 0 Å². The summed E-state index contributed by atoms with van der Waals surface area (Å²) in [4.78, 5) is 4.11. The van der Waals surface area contributed by atoms with Crippen LogP contribution in [0, 0.1) is 0 Å². The van der Waals surface area contributed by atoms with Crippen molar-refractivity contribution in [2.45, 2.75) is 18.6 Å². The van der Waals surface area contributed by atoms with E-state index >= 15 is 0 Å². The maximum absolute atomic E-state index is 11.1. The minimum Gasteiger partial charge on any atom is -0.397 e. The summed E-state index contributed by atoms with van der Waals surface area (Å²) in [5.41, 5.74) is 6.17. The molecule has 1 aromatic heterocycles. The van der Waals surface area contributed by atoms with Crippen LogP contribution < -0.4 is 11.1 Å². The molecule has 0 amide bonds. The summed E-state index contributed by atoms with van der Waals surface area (Å²) in [6.07, 6.45) is 4.21. The lowest BCUT2D eigenvalue weighted by atomic mass is 10.3. The number of nitrogens with one attached hydrogen (secondary N) is 1. The number of hydrogen-bond acceptors (Lipinski definition) is 4. The van der Waals surface area contributed by atoms with Crippen LogP contribution >= 0.6 is 0 Å². The van der Waals surface area contributed by atoms with Gasteiger partial charge in [0.1, 0.15) is 5.82 Å². The van der Waals surface area contributed by atoms with Crippen molar-refractivity contribution in [1.82, 2.24) is 4.98 Å². The van der Waals surface area contributed by atoms with Gasteiger partial charge in [-0.15, -0.1) is 0 Å². The van der Waals surface area contributed by atoms with E-state index in [4.69, 9.17) is 5.73 Å². The van der Waals surface area contributed by atoms with E-state index in [2.05, 4.69) is 10.3 Å². The highest BCUT2D eigenvalue weighted by atomic mass is 32.2. The first-order chi connectivity index (χ1) is 7.09. The molecule has 0 saturated carbocycles. The van der Waals surface area contributed by atoms with Crippen LogP contribution in [-0.4, -0.2) is 27.2 Å². The fourth-order valence-electron chi connectivity index (χ4n) is 1.08. The average Bonchev–Trinajstić information content (AvgIpc) is 2.20. The summed E-state index contributed by atoms with van der Waals surface area (Å²) in [5, 5.41) is 3.37. The number of anilines is 2. The predicted octanol–water partition coefficient (Wildman–Crippen LogP) is 1.23. The third-order valence-corrected chi connectivity index (χ3v) is 3.58. The van der Waals surface area contributed by atoms with Gasteiger partial charge in [0.15, 0.2) is 0 Å². The van der Waals surface area contributed by atoms with Crippen molar-refractivity contribution in [2.75, 3.05) is 23.9 Å². The predicted molar refractivity (Wildman–Crippen MR) is 65.3 cm³/mol. The maximum Gasteiger partial charge on any atom is 0.126 e. The van der Waals surface area contributed by atoms with Gasteiger partial charge in [-0.05, 0) is 18.6 Å². The van der Waals surface area contributed by atoms with Crippen LogP contribution in [-0.2, 0) is 10.8 Å². The number of nitrogens with zero attached hydrogens (tertiary/aromatic N) is 1. The highest BCUT2D eigenvalue weighted by molar-refractivity contribution is 7.84. The summed E-state index contributed by atoms with van der Waals surface area (Å²) in [7, 11) is -0.752. The zero-order chi connectivity index (χ0) is 11.3. The standard InChI is InChI=1S/C10H17N3OS/c1-8(15(2)14)5-6-12-10-4-3-9(11)7-13-10/h3-4,7-8H,5-6,11H2,1-2H3,(H,12,13). The molecule has 2 unspecified atom stereocenters. The molecule has 0 aromatic carbocycles. The van der Waals surface area contributed by atoms with Gasteiger partial charge in [0, 0.05) is 28.9 Å². The molecule has 0 aliphatic rings. The minimum absolute atomic E-state index is 0.214. The van der Waals surface area contributed by atoms with E-state index < -0.39 is 10.8 Å². The number of nitrogens with two attached hydrogens (primary N) is 1. The summed E-state index contributed by atoms with van der Waals surface area (Å²) in [6.45, 7) is 2.76. The lowest BCUT2D eigenvalue weighted by Crippen LogP contribution is -2.15. The average molecular weight is 227 g/mol. The first kappa shape index (κ1) is 12.0. The van der Waals surface area contributed by atoms with Gasteiger partial charge in [-0.2, -0.15) is 0 Å². The third-order valence-electron chi connectivity index (χ3n) is 2.21. The molecule has 1 rings (SSSR count). The summed E-state index contributed by atoms with van der Waals surface area (Å²) >= 11 is 0. The zero-order valence-electron chi connectivity index (χ0n) is 9.06. The Morgan fingerprint density at radius 3 is 2.87 bits per heavy atom. The SMILES string of the molecule is CC(CCNc1ccc(N)cn1)S(C)=O. The van der Waals surface area contributed by atoms with Gasteiger partial charge in [0.25, 0.3) is 0 Å². The number of pyridine rings is 1. The van der Waals surface area contributed by atoms with Crippen molar-refractivity contribution in [3.8, 4) is 0 Å². The Bertz CT molecular complexity index is 326. The van der Waals surface area contributed by atoms with Crippen molar-refractivity contribution in [1.29, 1.82) is 0 Å². The summed E-state index contributed by atoms with van der Waals surface area (Å²) in [6, 6.07) is 3.64. The Kier molecular flexibility index (Phi) is 4.55. The van der Waals surface area contributed by atoms with E-state index in [-0.39, 0.29) is 5.25 Å². The lowest BCUT2D eigenvalue weighted by Gasteiger charge is -2.09. The van der Waals surface area contributed by atoms with Crippen LogP contribution in [0.5, 0.6) is 0 Å². The molecule has 0 bridgehead atoms. The highest BCUT2D eigenvalue weighted by Crippen LogP contribution is 2.06. The molecular formula is C10H17N3OS. The van der Waals surface area contributed by atoms with E-state index in [9.17, 15) is 4.21 Å². The van der Waals surface area contributed by atoms with Crippen molar-refractivity contribution < 1.29 is 4.21 Å². The second-order valence-electron chi connectivity index (χ2n) is 3.50. The van der Waals surface area contributed by atoms with E-state index in [0.717, 1.165) is 18.8 Å². The van der Waals surface area contributed by atoms with Gasteiger partial charge in [-0.1, -0.05) is 6.92 Å². The van der Waals surface area contributed by atoms with Gasteiger partial charge in [0.2, 0.25) is 0 Å². The second-order valence-corrected chi connectivity index (χ2v) is 5.30. The third kappa shape index (κ3) is 4.29. The van der Waals surface area contributed by atoms with Gasteiger partial charge < -0.3 is 11.1 Å².